The number of nitrogens with one attached hydrogen (secondary N) is 1. The highest BCUT2D eigenvalue weighted by atomic mass is 19.4. The summed E-state index contributed by atoms with van der Waals surface area (Å²) in [6, 6.07) is 10.3. The van der Waals surface area contributed by atoms with Crippen LogP contribution in [0.5, 0.6) is 0 Å². The molecule has 1 N–H and O–H groups in total. The number of carbonyl (C=O) groups excluding carboxylic acids is 2. The SMILES string of the molecule is CC(C(=O)N1CC(=O)Nc2cc(C(F)(F)F)ccc21)N1CCCc2ccccc21. The molecule has 1 atom stereocenters. The minimum Gasteiger partial charge on any atom is -0.360 e. The quantitative estimate of drug-likeness (QED) is 0.829. The van der Waals surface area contributed by atoms with Crippen molar-refractivity contribution >= 4 is 28.9 Å². The predicted molar refractivity (Wildman–Crippen MR) is 104 cm³/mol. The number of benzene rings is 2. The van der Waals surface area contributed by atoms with Crippen LogP contribution in [0.3, 0.4) is 0 Å². The number of fused-ring (bicyclic) bond motifs is 2. The highest BCUT2D eigenvalue weighted by Crippen LogP contribution is 2.37. The standard InChI is InChI=1S/C21H20F3N3O2/c1-13(26-10-4-6-14-5-2-3-7-17(14)26)20(29)27-12-19(28)25-16-11-15(21(22,23)24)8-9-18(16)27/h2-3,5,7-9,11,13H,4,6,10,12H2,1H3,(H,25,28). The molecule has 0 aliphatic carbocycles. The van der Waals surface area contributed by atoms with Crippen LogP contribution in [0.2, 0.25) is 0 Å². The summed E-state index contributed by atoms with van der Waals surface area (Å²) in [5.74, 6) is -0.839. The van der Waals surface area contributed by atoms with Crippen LogP contribution in [-0.4, -0.2) is 30.9 Å². The van der Waals surface area contributed by atoms with E-state index in [1.165, 1.54) is 11.0 Å². The maximum absolute atomic E-state index is 13.3. The fourth-order valence-electron chi connectivity index (χ4n) is 3.99. The van der Waals surface area contributed by atoms with Crippen LogP contribution in [-0.2, 0) is 22.2 Å². The molecule has 0 bridgehead atoms. The summed E-state index contributed by atoms with van der Waals surface area (Å²) in [6.45, 7) is 2.24. The van der Waals surface area contributed by atoms with Crippen molar-refractivity contribution in [2.24, 2.45) is 0 Å². The molecule has 2 amide bonds. The van der Waals surface area contributed by atoms with E-state index in [4.69, 9.17) is 0 Å². The largest absolute Gasteiger partial charge is 0.416 e. The summed E-state index contributed by atoms with van der Waals surface area (Å²) < 4.78 is 39.1. The van der Waals surface area contributed by atoms with Gasteiger partial charge in [-0.3, -0.25) is 14.5 Å². The fourth-order valence-corrected chi connectivity index (χ4v) is 3.99. The zero-order chi connectivity index (χ0) is 20.8. The van der Waals surface area contributed by atoms with Gasteiger partial charge >= 0.3 is 6.18 Å². The molecular weight excluding hydrogens is 383 g/mol. The van der Waals surface area contributed by atoms with Crippen molar-refractivity contribution in [3.63, 3.8) is 0 Å². The summed E-state index contributed by atoms with van der Waals surface area (Å²) in [4.78, 5) is 28.6. The van der Waals surface area contributed by atoms with Gasteiger partial charge in [0.1, 0.15) is 12.6 Å². The number of hydrogen-bond acceptors (Lipinski definition) is 3. The monoisotopic (exact) mass is 403 g/mol. The number of alkyl halides is 3. The first-order chi connectivity index (χ1) is 13.8. The molecule has 0 fully saturated rings. The third kappa shape index (κ3) is 3.54. The lowest BCUT2D eigenvalue weighted by molar-refractivity contribution is -0.137. The van der Waals surface area contributed by atoms with Gasteiger partial charge in [-0.15, -0.1) is 0 Å². The van der Waals surface area contributed by atoms with Crippen molar-refractivity contribution in [1.29, 1.82) is 0 Å². The van der Waals surface area contributed by atoms with Crippen molar-refractivity contribution in [1.82, 2.24) is 0 Å². The van der Waals surface area contributed by atoms with Crippen LogP contribution < -0.4 is 15.1 Å². The molecule has 5 nitrogen and oxygen atoms in total. The average molecular weight is 403 g/mol. The second-order valence-corrected chi connectivity index (χ2v) is 7.30. The second-order valence-electron chi connectivity index (χ2n) is 7.30. The van der Waals surface area contributed by atoms with Gasteiger partial charge in [0.15, 0.2) is 0 Å². The molecule has 2 aromatic carbocycles. The Hall–Kier alpha value is -3.03. The Labute approximate surface area is 166 Å². The maximum Gasteiger partial charge on any atom is 0.416 e. The topological polar surface area (TPSA) is 52.7 Å². The number of nitrogens with zero attached hydrogens (tertiary/aromatic N) is 2. The van der Waals surface area contributed by atoms with Gasteiger partial charge in [-0.2, -0.15) is 13.2 Å². The van der Waals surface area contributed by atoms with Crippen molar-refractivity contribution < 1.29 is 22.8 Å². The van der Waals surface area contributed by atoms with Gasteiger partial charge in [-0.05, 0) is 49.6 Å². The highest BCUT2D eigenvalue weighted by Gasteiger charge is 2.36. The molecule has 0 saturated carbocycles. The van der Waals surface area contributed by atoms with Gasteiger partial charge in [0.25, 0.3) is 0 Å². The van der Waals surface area contributed by atoms with Gasteiger partial charge in [0.2, 0.25) is 11.8 Å². The number of para-hydroxylation sites is 1. The summed E-state index contributed by atoms with van der Waals surface area (Å²) >= 11 is 0. The van der Waals surface area contributed by atoms with Crippen molar-refractivity contribution in [3.05, 3.63) is 53.6 Å². The summed E-state index contributed by atoms with van der Waals surface area (Å²) in [6.07, 6.45) is -2.69. The van der Waals surface area contributed by atoms with E-state index < -0.39 is 23.7 Å². The zero-order valence-electron chi connectivity index (χ0n) is 15.8. The van der Waals surface area contributed by atoms with E-state index in [1.54, 1.807) is 6.92 Å². The summed E-state index contributed by atoms with van der Waals surface area (Å²) in [7, 11) is 0. The zero-order valence-corrected chi connectivity index (χ0v) is 15.8. The van der Waals surface area contributed by atoms with E-state index in [0.29, 0.717) is 6.54 Å². The van der Waals surface area contributed by atoms with Gasteiger partial charge in [0.05, 0.1) is 16.9 Å². The minimum absolute atomic E-state index is 0.00401. The molecule has 8 heteroatoms. The smallest absolute Gasteiger partial charge is 0.360 e. The molecule has 0 saturated heterocycles. The van der Waals surface area contributed by atoms with E-state index in [-0.39, 0.29) is 23.8 Å². The number of aryl methyl sites for hydroxylation is 1. The third-order valence-corrected chi connectivity index (χ3v) is 5.43. The number of hydrogen-bond donors (Lipinski definition) is 1. The summed E-state index contributed by atoms with van der Waals surface area (Å²) in [5, 5.41) is 2.44. The van der Waals surface area contributed by atoms with Crippen molar-refractivity contribution in [2.45, 2.75) is 32.0 Å². The van der Waals surface area contributed by atoms with Crippen molar-refractivity contribution in [2.75, 3.05) is 28.2 Å². The number of amides is 2. The lowest BCUT2D eigenvalue weighted by Crippen LogP contribution is -2.52. The Bertz CT molecular complexity index is 974. The molecule has 152 valence electrons. The van der Waals surface area contributed by atoms with Crippen molar-refractivity contribution in [3.8, 4) is 0 Å². The molecule has 2 aliphatic rings. The lowest BCUT2D eigenvalue weighted by Gasteiger charge is -2.39. The van der Waals surface area contributed by atoms with E-state index in [9.17, 15) is 22.8 Å². The first-order valence-corrected chi connectivity index (χ1v) is 9.43. The van der Waals surface area contributed by atoms with E-state index in [2.05, 4.69) is 5.32 Å². The first kappa shape index (κ1) is 19.3. The Morgan fingerprint density at radius 3 is 2.66 bits per heavy atom. The van der Waals surface area contributed by atoms with Crippen LogP contribution in [0, 0.1) is 0 Å². The fraction of sp³-hybridized carbons (Fsp3) is 0.333. The van der Waals surface area contributed by atoms with Crippen LogP contribution in [0.1, 0.15) is 24.5 Å². The molecule has 4 rings (SSSR count). The predicted octanol–water partition coefficient (Wildman–Crippen LogP) is 3.83. The Kier molecular flexibility index (Phi) is 4.72. The Morgan fingerprint density at radius 2 is 1.90 bits per heavy atom. The van der Waals surface area contributed by atoms with Crippen LogP contribution in [0.15, 0.2) is 42.5 Å². The average Bonchev–Trinajstić information content (AvgIpc) is 2.70. The molecular formula is C21H20F3N3O2. The maximum atomic E-state index is 13.3. The first-order valence-electron chi connectivity index (χ1n) is 9.43. The van der Waals surface area contributed by atoms with Crippen LogP contribution in [0.25, 0.3) is 0 Å². The van der Waals surface area contributed by atoms with Gasteiger partial charge < -0.3 is 10.2 Å². The summed E-state index contributed by atoms with van der Waals surface area (Å²) in [5.41, 5.74) is 1.54. The Morgan fingerprint density at radius 1 is 1.14 bits per heavy atom. The van der Waals surface area contributed by atoms with E-state index in [1.807, 2.05) is 29.2 Å². The molecule has 0 radical (unpaired) electrons. The molecule has 2 heterocycles. The molecule has 2 aliphatic heterocycles. The van der Waals surface area contributed by atoms with Gasteiger partial charge in [-0.25, -0.2) is 0 Å². The normalized spacial score (nSPS) is 17.3. The molecule has 1 unspecified atom stereocenters. The molecule has 2 aromatic rings. The number of rotatable bonds is 2. The number of anilines is 3. The van der Waals surface area contributed by atoms with Gasteiger partial charge in [-0.1, -0.05) is 18.2 Å². The third-order valence-electron chi connectivity index (χ3n) is 5.43. The molecule has 0 aromatic heterocycles. The number of carbonyl (C=O) groups is 2. The lowest BCUT2D eigenvalue weighted by atomic mass is 9.99. The van der Waals surface area contributed by atoms with E-state index in [0.717, 1.165) is 36.2 Å². The second kappa shape index (κ2) is 7.09. The van der Waals surface area contributed by atoms with Crippen LogP contribution in [0.4, 0.5) is 30.2 Å². The molecule has 29 heavy (non-hydrogen) atoms. The number of halogens is 3. The molecule has 0 spiro atoms. The minimum atomic E-state index is -4.53. The van der Waals surface area contributed by atoms with Gasteiger partial charge in [0, 0.05) is 12.2 Å². The van der Waals surface area contributed by atoms with E-state index >= 15 is 0 Å². The highest BCUT2D eigenvalue weighted by molar-refractivity contribution is 6.11. The van der Waals surface area contributed by atoms with Crippen LogP contribution >= 0.6 is 0 Å². The Balaban J connectivity index is 1.66.